The molecule has 6 nitrogen and oxygen atoms in total. The Morgan fingerprint density at radius 2 is 1.89 bits per heavy atom. The number of ether oxygens (including phenoxy) is 1. The van der Waals surface area contributed by atoms with Crippen LogP contribution >= 0.6 is 12.6 Å². The molecule has 2 aromatic rings. The van der Waals surface area contributed by atoms with Gasteiger partial charge in [-0.2, -0.15) is 0 Å². The van der Waals surface area contributed by atoms with Crippen LogP contribution in [-0.2, 0) is 20.8 Å². The lowest BCUT2D eigenvalue weighted by Crippen LogP contribution is -2.28. The number of aryl methyl sites for hydroxylation is 1. The fourth-order valence-electron chi connectivity index (χ4n) is 2.70. The van der Waals surface area contributed by atoms with Crippen LogP contribution in [0.1, 0.15) is 32.8 Å². The summed E-state index contributed by atoms with van der Waals surface area (Å²) in [7, 11) is 3.01. The highest BCUT2D eigenvalue weighted by Crippen LogP contribution is 2.34. The zero-order valence-electron chi connectivity index (χ0n) is 16.3. The van der Waals surface area contributed by atoms with Crippen LogP contribution in [0.25, 0.3) is 10.8 Å². The third-order valence-electron chi connectivity index (χ3n) is 3.98. The van der Waals surface area contributed by atoms with Crippen molar-refractivity contribution in [2.45, 2.75) is 44.1 Å². The number of carbonyl (C=O) groups is 2. The van der Waals surface area contributed by atoms with Gasteiger partial charge in [-0.15, -0.1) is 12.6 Å². The van der Waals surface area contributed by atoms with Crippen LogP contribution in [0.15, 0.2) is 35.2 Å². The van der Waals surface area contributed by atoms with Crippen molar-refractivity contribution in [2.75, 3.05) is 19.5 Å². The van der Waals surface area contributed by atoms with Gasteiger partial charge in [0, 0.05) is 18.4 Å². The number of thiol groups is 1. The molecule has 0 radical (unpaired) electrons. The molecule has 0 heterocycles. The van der Waals surface area contributed by atoms with Gasteiger partial charge in [-0.05, 0) is 49.6 Å². The van der Waals surface area contributed by atoms with Gasteiger partial charge in [0.2, 0.25) is 5.91 Å². The van der Waals surface area contributed by atoms with Crippen LogP contribution in [0.4, 0.5) is 10.5 Å². The van der Waals surface area contributed by atoms with E-state index in [4.69, 9.17) is 9.57 Å². The summed E-state index contributed by atoms with van der Waals surface area (Å²) >= 11 is 4.54. The van der Waals surface area contributed by atoms with Gasteiger partial charge in [0.15, 0.2) is 0 Å². The number of amides is 2. The van der Waals surface area contributed by atoms with Crippen molar-refractivity contribution in [1.29, 1.82) is 0 Å². The maximum atomic E-state index is 12.3. The molecular weight excluding hydrogens is 364 g/mol. The summed E-state index contributed by atoms with van der Waals surface area (Å²) in [6.07, 6.45) is 0.0934. The summed E-state index contributed by atoms with van der Waals surface area (Å²) in [5, 5.41) is 5.93. The zero-order chi connectivity index (χ0) is 20.2. The second kappa shape index (κ2) is 8.63. The second-order valence-electron chi connectivity index (χ2n) is 7.17. The molecule has 0 aliphatic rings. The van der Waals surface area contributed by atoms with E-state index in [-0.39, 0.29) is 12.3 Å². The number of nitrogens with one attached hydrogen (secondary N) is 1. The Kier molecular flexibility index (Phi) is 6.73. The quantitative estimate of drug-likeness (QED) is 0.585. The molecule has 27 heavy (non-hydrogen) atoms. The van der Waals surface area contributed by atoms with E-state index in [2.05, 4.69) is 17.9 Å². The van der Waals surface area contributed by atoms with Crippen LogP contribution in [0.3, 0.4) is 0 Å². The van der Waals surface area contributed by atoms with E-state index < -0.39 is 11.7 Å². The Morgan fingerprint density at radius 3 is 2.52 bits per heavy atom. The SMILES string of the molecule is CON(C)C(=O)CCc1c(NC(=O)OC(C)(C)C)c(S)cc2ccccc12. The van der Waals surface area contributed by atoms with Crippen molar-refractivity contribution >= 4 is 41.1 Å². The highest BCUT2D eigenvalue weighted by atomic mass is 32.1. The van der Waals surface area contributed by atoms with Gasteiger partial charge in [0.05, 0.1) is 12.8 Å². The fourth-order valence-corrected chi connectivity index (χ4v) is 3.03. The number of fused-ring (bicyclic) bond motifs is 1. The Bertz CT molecular complexity index is 846. The van der Waals surface area contributed by atoms with Crippen molar-refractivity contribution < 1.29 is 19.2 Å². The van der Waals surface area contributed by atoms with Crippen LogP contribution in [-0.4, -0.2) is 36.8 Å². The Hall–Kier alpha value is -2.25. The van der Waals surface area contributed by atoms with Crippen LogP contribution in [0.5, 0.6) is 0 Å². The number of rotatable bonds is 5. The van der Waals surface area contributed by atoms with Gasteiger partial charge >= 0.3 is 6.09 Å². The minimum Gasteiger partial charge on any atom is -0.444 e. The molecular formula is C20H26N2O4S. The topological polar surface area (TPSA) is 67.9 Å². The Morgan fingerprint density at radius 1 is 1.22 bits per heavy atom. The standard InChI is InChI=1S/C20H26N2O4S/c1-20(2,3)26-19(24)21-18-15(10-11-17(23)22(4)25-5)14-9-7-6-8-13(14)12-16(18)27/h6-9,12,27H,10-11H2,1-5H3,(H,21,24). The summed E-state index contributed by atoms with van der Waals surface area (Å²) < 4.78 is 5.37. The maximum absolute atomic E-state index is 12.3. The number of hydroxylamine groups is 2. The molecule has 0 saturated heterocycles. The van der Waals surface area contributed by atoms with Gasteiger partial charge in [-0.1, -0.05) is 24.3 Å². The molecule has 0 aliphatic heterocycles. The van der Waals surface area contributed by atoms with E-state index in [1.807, 2.05) is 30.3 Å². The highest BCUT2D eigenvalue weighted by Gasteiger charge is 2.20. The number of hydrogen-bond acceptors (Lipinski definition) is 5. The third-order valence-corrected chi connectivity index (χ3v) is 4.33. The zero-order valence-corrected chi connectivity index (χ0v) is 17.2. The molecule has 0 unspecified atom stereocenters. The summed E-state index contributed by atoms with van der Waals surface area (Å²) in [6.45, 7) is 5.40. The maximum Gasteiger partial charge on any atom is 0.412 e. The van der Waals surface area contributed by atoms with E-state index >= 15 is 0 Å². The first-order chi connectivity index (χ1) is 12.6. The summed E-state index contributed by atoms with van der Waals surface area (Å²) in [5.74, 6) is -0.158. The van der Waals surface area contributed by atoms with Crippen molar-refractivity contribution in [3.8, 4) is 0 Å². The van der Waals surface area contributed by atoms with Crippen molar-refractivity contribution in [2.24, 2.45) is 0 Å². The van der Waals surface area contributed by atoms with Gasteiger partial charge in [0.25, 0.3) is 0 Å². The molecule has 2 rings (SSSR count). The lowest BCUT2D eigenvalue weighted by molar-refractivity contribution is -0.168. The number of carbonyl (C=O) groups excluding carboxylic acids is 2. The second-order valence-corrected chi connectivity index (χ2v) is 7.65. The molecule has 7 heteroatoms. The van der Waals surface area contributed by atoms with Crippen molar-refractivity contribution in [3.63, 3.8) is 0 Å². The average Bonchev–Trinajstić information content (AvgIpc) is 2.58. The van der Waals surface area contributed by atoms with Gasteiger partial charge in [-0.3, -0.25) is 14.9 Å². The number of anilines is 1. The molecule has 0 atom stereocenters. The lowest BCUT2D eigenvalue weighted by Gasteiger charge is -2.22. The lowest BCUT2D eigenvalue weighted by atomic mass is 9.98. The van der Waals surface area contributed by atoms with Crippen molar-refractivity contribution in [1.82, 2.24) is 5.06 Å². The summed E-state index contributed by atoms with van der Waals surface area (Å²) in [5.41, 5.74) is 0.774. The first kappa shape index (κ1) is 21.1. The Labute approximate surface area is 165 Å². The highest BCUT2D eigenvalue weighted by molar-refractivity contribution is 7.80. The fraction of sp³-hybridized carbons (Fsp3) is 0.400. The largest absolute Gasteiger partial charge is 0.444 e. The molecule has 0 bridgehead atoms. The monoisotopic (exact) mass is 390 g/mol. The van der Waals surface area contributed by atoms with E-state index in [0.29, 0.717) is 17.0 Å². The molecule has 2 amide bonds. The Balaban J connectivity index is 2.40. The van der Waals surface area contributed by atoms with Gasteiger partial charge < -0.3 is 4.74 Å². The summed E-state index contributed by atoms with van der Waals surface area (Å²) in [6, 6.07) is 9.67. The smallest absolute Gasteiger partial charge is 0.412 e. The molecule has 0 spiro atoms. The molecule has 0 fully saturated rings. The predicted molar refractivity (Wildman–Crippen MR) is 109 cm³/mol. The molecule has 2 aromatic carbocycles. The summed E-state index contributed by atoms with van der Waals surface area (Å²) in [4.78, 5) is 30.0. The first-order valence-corrected chi connectivity index (χ1v) is 9.11. The molecule has 0 aromatic heterocycles. The molecule has 146 valence electrons. The van der Waals surface area contributed by atoms with E-state index in [1.165, 1.54) is 12.2 Å². The van der Waals surface area contributed by atoms with Crippen LogP contribution < -0.4 is 5.32 Å². The van der Waals surface area contributed by atoms with E-state index in [9.17, 15) is 9.59 Å². The predicted octanol–water partition coefficient (Wildman–Crippen LogP) is 4.43. The number of benzene rings is 2. The molecule has 0 aliphatic carbocycles. The van der Waals surface area contributed by atoms with E-state index in [0.717, 1.165) is 16.3 Å². The number of hydrogen-bond donors (Lipinski definition) is 2. The first-order valence-electron chi connectivity index (χ1n) is 8.66. The average molecular weight is 391 g/mol. The molecule has 1 N–H and O–H groups in total. The van der Waals surface area contributed by atoms with Crippen LogP contribution in [0.2, 0.25) is 0 Å². The minimum atomic E-state index is -0.616. The van der Waals surface area contributed by atoms with Crippen molar-refractivity contribution in [3.05, 3.63) is 35.9 Å². The minimum absolute atomic E-state index is 0.158. The third kappa shape index (κ3) is 5.61. The van der Waals surface area contributed by atoms with Gasteiger partial charge in [-0.25, -0.2) is 9.86 Å². The van der Waals surface area contributed by atoms with Gasteiger partial charge in [0.1, 0.15) is 5.60 Å². The van der Waals surface area contributed by atoms with Crippen LogP contribution in [0, 0.1) is 0 Å². The normalized spacial score (nSPS) is 11.3. The van der Waals surface area contributed by atoms with E-state index in [1.54, 1.807) is 27.8 Å². The molecule has 0 saturated carbocycles. The number of nitrogens with zero attached hydrogens (tertiary/aromatic N) is 1.